The van der Waals surface area contributed by atoms with Gasteiger partial charge in [-0.2, -0.15) is 4.31 Å². The third-order valence-corrected chi connectivity index (χ3v) is 5.81. The lowest BCUT2D eigenvalue weighted by Crippen LogP contribution is -2.38. The standard InChI is InChI=1S/C15H18N2O2S/c1-12-5-6-15(13(2)10-12)20(18,19)17-9-8-16-7-3-4-14(16)11-17/h3-7,10H,8-9,11H2,1-2H3. The van der Waals surface area contributed by atoms with Crippen molar-refractivity contribution >= 4 is 10.0 Å². The second kappa shape index (κ2) is 4.75. The van der Waals surface area contributed by atoms with Crippen LogP contribution in [0.1, 0.15) is 16.8 Å². The first-order valence-corrected chi connectivity index (χ1v) is 8.14. The minimum absolute atomic E-state index is 0.420. The summed E-state index contributed by atoms with van der Waals surface area (Å²) in [6.45, 7) is 5.51. The third kappa shape index (κ3) is 2.17. The fourth-order valence-corrected chi connectivity index (χ4v) is 4.33. The highest BCUT2D eigenvalue weighted by atomic mass is 32.2. The average molecular weight is 290 g/mol. The van der Waals surface area contributed by atoms with Crippen LogP contribution in [0.3, 0.4) is 0 Å². The van der Waals surface area contributed by atoms with E-state index in [-0.39, 0.29) is 0 Å². The fraction of sp³-hybridized carbons (Fsp3) is 0.333. The molecule has 2 aromatic rings. The summed E-state index contributed by atoms with van der Waals surface area (Å²) in [6.07, 6.45) is 2.00. The minimum Gasteiger partial charge on any atom is -0.349 e. The van der Waals surface area contributed by atoms with Gasteiger partial charge in [-0.3, -0.25) is 0 Å². The summed E-state index contributed by atoms with van der Waals surface area (Å²) in [5, 5.41) is 0. The number of fused-ring (bicyclic) bond motifs is 1. The Labute approximate surface area is 119 Å². The van der Waals surface area contributed by atoms with E-state index in [1.807, 2.05) is 44.3 Å². The van der Waals surface area contributed by atoms with Gasteiger partial charge in [0.2, 0.25) is 10.0 Å². The zero-order chi connectivity index (χ0) is 14.3. The Morgan fingerprint density at radius 3 is 2.65 bits per heavy atom. The summed E-state index contributed by atoms with van der Waals surface area (Å²) in [5.74, 6) is 0. The predicted octanol–water partition coefficient (Wildman–Crippen LogP) is 2.31. The molecule has 4 nitrogen and oxygen atoms in total. The molecule has 0 saturated heterocycles. The van der Waals surface area contributed by atoms with Crippen molar-refractivity contribution < 1.29 is 8.42 Å². The number of benzene rings is 1. The van der Waals surface area contributed by atoms with Gasteiger partial charge < -0.3 is 4.57 Å². The molecule has 0 fully saturated rings. The first-order chi connectivity index (χ1) is 9.48. The van der Waals surface area contributed by atoms with Crippen LogP contribution in [0.5, 0.6) is 0 Å². The Bertz CT molecular complexity index is 747. The summed E-state index contributed by atoms with van der Waals surface area (Å²) in [5.41, 5.74) is 2.93. The van der Waals surface area contributed by atoms with Gasteiger partial charge in [0, 0.05) is 25.0 Å². The molecule has 0 unspecified atom stereocenters. The third-order valence-electron chi connectivity index (χ3n) is 3.80. The minimum atomic E-state index is -3.41. The van der Waals surface area contributed by atoms with Gasteiger partial charge in [-0.25, -0.2) is 8.42 Å². The molecular weight excluding hydrogens is 272 g/mol. The second-order valence-corrected chi connectivity index (χ2v) is 7.21. The number of aryl methyl sites for hydroxylation is 2. The maximum absolute atomic E-state index is 12.8. The summed E-state index contributed by atoms with van der Waals surface area (Å²) in [4.78, 5) is 0.420. The molecule has 20 heavy (non-hydrogen) atoms. The van der Waals surface area contributed by atoms with Crippen molar-refractivity contribution in [3.05, 3.63) is 53.3 Å². The van der Waals surface area contributed by atoms with Crippen molar-refractivity contribution in [3.8, 4) is 0 Å². The van der Waals surface area contributed by atoms with E-state index in [1.165, 1.54) is 0 Å². The first-order valence-electron chi connectivity index (χ1n) is 6.70. The van der Waals surface area contributed by atoms with Crippen LogP contribution in [0.4, 0.5) is 0 Å². The Hall–Kier alpha value is -1.59. The zero-order valence-electron chi connectivity index (χ0n) is 11.7. The molecule has 0 amide bonds. The second-order valence-electron chi connectivity index (χ2n) is 5.30. The van der Waals surface area contributed by atoms with E-state index in [2.05, 4.69) is 4.57 Å². The van der Waals surface area contributed by atoms with Crippen molar-refractivity contribution in [3.63, 3.8) is 0 Å². The summed E-state index contributed by atoms with van der Waals surface area (Å²) < 4.78 is 29.2. The van der Waals surface area contributed by atoms with Crippen molar-refractivity contribution in [2.24, 2.45) is 0 Å². The molecule has 1 aliphatic rings. The Balaban J connectivity index is 1.97. The average Bonchev–Trinajstić information content (AvgIpc) is 2.85. The quantitative estimate of drug-likeness (QED) is 0.852. The number of hydrogen-bond acceptors (Lipinski definition) is 2. The maximum Gasteiger partial charge on any atom is 0.243 e. The molecule has 1 aromatic carbocycles. The van der Waals surface area contributed by atoms with Crippen molar-refractivity contribution in [2.75, 3.05) is 6.54 Å². The molecule has 5 heteroatoms. The predicted molar refractivity (Wildman–Crippen MR) is 77.9 cm³/mol. The van der Waals surface area contributed by atoms with Crippen LogP contribution in [-0.4, -0.2) is 23.8 Å². The molecule has 0 N–H and O–H groups in total. The smallest absolute Gasteiger partial charge is 0.243 e. The Kier molecular flexibility index (Phi) is 3.18. The SMILES string of the molecule is Cc1ccc(S(=O)(=O)N2CCn3cccc3C2)c(C)c1. The first kappa shape index (κ1) is 13.4. The van der Waals surface area contributed by atoms with Crippen molar-refractivity contribution in [1.82, 2.24) is 8.87 Å². The number of aromatic nitrogens is 1. The Morgan fingerprint density at radius 2 is 1.90 bits per heavy atom. The molecule has 2 heterocycles. The van der Waals surface area contributed by atoms with Gasteiger partial charge in [0.05, 0.1) is 11.4 Å². The molecule has 1 aromatic heterocycles. The normalized spacial score (nSPS) is 16.1. The lowest BCUT2D eigenvalue weighted by molar-refractivity contribution is 0.341. The molecule has 0 aliphatic carbocycles. The Morgan fingerprint density at radius 1 is 1.10 bits per heavy atom. The van der Waals surface area contributed by atoms with Crippen LogP contribution < -0.4 is 0 Å². The largest absolute Gasteiger partial charge is 0.349 e. The number of sulfonamides is 1. The van der Waals surface area contributed by atoms with Crippen LogP contribution in [-0.2, 0) is 23.1 Å². The van der Waals surface area contributed by atoms with Crippen LogP contribution in [0.15, 0.2) is 41.4 Å². The molecule has 0 saturated carbocycles. The number of rotatable bonds is 2. The lowest BCUT2D eigenvalue weighted by Gasteiger charge is -2.28. The van der Waals surface area contributed by atoms with Crippen LogP contribution in [0.2, 0.25) is 0 Å². The lowest BCUT2D eigenvalue weighted by atomic mass is 10.2. The van der Waals surface area contributed by atoms with Crippen molar-refractivity contribution in [1.29, 1.82) is 0 Å². The van der Waals surface area contributed by atoms with Gasteiger partial charge in [0.25, 0.3) is 0 Å². The highest BCUT2D eigenvalue weighted by Gasteiger charge is 2.29. The van der Waals surface area contributed by atoms with Gasteiger partial charge in [-0.05, 0) is 37.6 Å². The molecule has 106 valence electrons. The molecule has 3 rings (SSSR count). The van der Waals surface area contributed by atoms with Gasteiger partial charge in [-0.1, -0.05) is 17.7 Å². The highest BCUT2D eigenvalue weighted by molar-refractivity contribution is 7.89. The number of hydrogen-bond donors (Lipinski definition) is 0. The van der Waals surface area contributed by atoms with Gasteiger partial charge >= 0.3 is 0 Å². The van der Waals surface area contributed by atoms with E-state index in [1.54, 1.807) is 10.4 Å². The molecule has 0 atom stereocenters. The maximum atomic E-state index is 12.8. The highest BCUT2D eigenvalue weighted by Crippen LogP contribution is 2.24. The van der Waals surface area contributed by atoms with E-state index in [0.29, 0.717) is 24.5 Å². The van der Waals surface area contributed by atoms with E-state index in [0.717, 1.165) is 16.8 Å². The van der Waals surface area contributed by atoms with Crippen LogP contribution in [0, 0.1) is 13.8 Å². The number of nitrogens with zero attached hydrogens (tertiary/aromatic N) is 2. The molecule has 1 aliphatic heterocycles. The fourth-order valence-electron chi connectivity index (χ4n) is 2.72. The summed E-state index contributed by atoms with van der Waals surface area (Å²) in [6, 6.07) is 9.42. The van der Waals surface area contributed by atoms with E-state index in [4.69, 9.17) is 0 Å². The van der Waals surface area contributed by atoms with E-state index < -0.39 is 10.0 Å². The van der Waals surface area contributed by atoms with Gasteiger partial charge in [0.15, 0.2) is 0 Å². The zero-order valence-corrected chi connectivity index (χ0v) is 12.5. The molecule has 0 spiro atoms. The topological polar surface area (TPSA) is 42.3 Å². The monoisotopic (exact) mass is 290 g/mol. The molecule has 0 radical (unpaired) electrons. The van der Waals surface area contributed by atoms with Crippen molar-refractivity contribution in [2.45, 2.75) is 31.8 Å². The van der Waals surface area contributed by atoms with Crippen LogP contribution in [0.25, 0.3) is 0 Å². The van der Waals surface area contributed by atoms with Gasteiger partial charge in [-0.15, -0.1) is 0 Å². The van der Waals surface area contributed by atoms with Crippen LogP contribution >= 0.6 is 0 Å². The van der Waals surface area contributed by atoms with E-state index >= 15 is 0 Å². The molecular formula is C15H18N2O2S. The van der Waals surface area contributed by atoms with Gasteiger partial charge in [0.1, 0.15) is 0 Å². The summed E-state index contributed by atoms with van der Waals surface area (Å²) >= 11 is 0. The molecule has 0 bridgehead atoms. The van der Waals surface area contributed by atoms with E-state index in [9.17, 15) is 8.42 Å². The summed E-state index contributed by atoms with van der Waals surface area (Å²) in [7, 11) is -3.41.